The Morgan fingerprint density at radius 1 is 1.35 bits per heavy atom. The lowest BCUT2D eigenvalue weighted by atomic mass is 10.1. The Balaban J connectivity index is 2.13. The van der Waals surface area contributed by atoms with Gasteiger partial charge >= 0.3 is 0 Å². The molecule has 4 heteroatoms. The minimum Gasteiger partial charge on any atom is -0.345 e. The number of hydrogen-bond acceptors (Lipinski definition) is 4. The second kappa shape index (κ2) is 7.41. The first kappa shape index (κ1) is 15.8. The average Bonchev–Trinajstić information content (AvgIpc) is 3.01. The highest BCUT2D eigenvalue weighted by Crippen LogP contribution is 2.33. The summed E-state index contributed by atoms with van der Waals surface area (Å²) in [6, 6.07) is 0.724. The Bertz CT molecular complexity index is 408. The molecule has 114 valence electrons. The van der Waals surface area contributed by atoms with Crippen LogP contribution in [0.4, 0.5) is 5.13 Å². The van der Waals surface area contributed by atoms with E-state index in [1.807, 2.05) is 18.4 Å². The molecule has 0 bridgehead atoms. The minimum atomic E-state index is 0.724. The van der Waals surface area contributed by atoms with Crippen LogP contribution in [0, 0.1) is 12.8 Å². The van der Waals surface area contributed by atoms with Gasteiger partial charge in [0.1, 0.15) is 0 Å². The standard InChI is InChI=1S/C16H29N3S/c1-12(2)9-10-19(14-7-5-6-8-14)16-18-13(3)15(20-16)11-17-4/h12,14,17H,5-11H2,1-4H3. The van der Waals surface area contributed by atoms with Crippen molar-refractivity contribution in [1.29, 1.82) is 0 Å². The molecular weight excluding hydrogens is 266 g/mol. The predicted molar refractivity (Wildman–Crippen MR) is 88.7 cm³/mol. The molecule has 3 nitrogen and oxygen atoms in total. The Morgan fingerprint density at radius 3 is 2.65 bits per heavy atom. The molecule has 0 aliphatic heterocycles. The molecule has 2 rings (SSSR count). The molecule has 0 unspecified atom stereocenters. The number of aryl methyl sites for hydroxylation is 1. The zero-order valence-corrected chi connectivity index (χ0v) is 14.2. The fraction of sp³-hybridized carbons (Fsp3) is 0.812. The highest BCUT2D eigenvalue weighted by molar-refractivity contribution is 7.15. The summed E-state index contributed by atoms with van der Waals surface area (Å²) in [7, 11) is 2.01. The van der Waals surface area contributed by atoms with Crippen LogP contribution in [0.1, 0.15) is 56.5 Å². The molecule has 0 radical (unpaired) electrons. The number of thiazole rings is 1. The first-order valence-corrected chi connectivity index (χ1v) is 8.81. The molecule has 0 aromatic carbocycles. The molecule has 1 N–H and O–H groups in total. The molecule has 1 aromatic rings. The van der Waals surface area contributed by atoms with Crippen molar-refractivity contribution in [2.75, 3.05) is 18.5 Å². The van der Waals surface area contributed by atoms with Crippen molar-refractivity contribution in [2.24, 2.45) is 5.92 Å². The summed E-state index contributed by atoms with van der Waals surface area (Å²) in [5.41, 5.74) is 1.20. The van der Waals surface area contributed by atoms with Gasteiger partial charge in [-0.1, -0.05) is 26.7 Å². The van der Waals surface area contributed by atoms with Gasteiger partial charge in [0.15, 0.2) is 5.13 Å². The molecule has 0 atom stereocenters. The lowest BCUT2D eigenvalue weighted by Crippen LogP contribution is -2.34. The molecule has 0 amide bonds. The van der Waals surface area contributed by atoms with Crippen molar-refractivity contribution < 1.29 is 0 Å². The van der Waals surface area contributed by atoms with Gasteiger partial charge in [-0.2, -0.15) is 0 Å². The number of aromatic nitrogens is 1. The molecular formula is C16H29N3S. The third kappa shape index (κ3) is 3.95. The topological polar surface area (TPSA) is 28.2 Å². The van der Waals surface area contributed by atoms with Crippen LogP contribution in [0.25, 0.3) is 0 Å². The van der Waals surface area contributed by atoms with Crippen LogP contribution in [0.5, 0.6) is 0 Å². The molecule has 0 saturated heterocycles. The number of rotatable bonds is 7. The summed E-state index contributed by atoms with van der Waals surface area (Å²) in [6.07, 6.45) is 6.72. The predicted octanol–water partition coefficient (Wildman–Crippen LogP) is 3.97. The van der Waals surface area contributed by atoms with E-state index >= 15 is 0 Å². The number of anilines is 1. The van der Waals surface area contributed by atoms with E-state index in [1.54, 1.807) is 0 Å². The van der Waals surface area contributed by atoms with Crippen molar-refractivity contribution in [3.63, 3.8) is 0 Å². The van der Waals surface area contributed by atoms with Crippen molar-refractivity contribution in [3.05, 3.63) is 10.6 Å². The first-order valence-electron chi connectivity index (χ1n) is 7.99. The highest BCUT2D eigenvalue weighted by atomic mass is 32.1. The van der Waals surface area contributed by atoms with E-state index in [4.69, 9.17) is 4.98 Å². The maximum atomic E-state index is 4.86. The van der Waals surface area contributed by atoms with Crippen LogP contribution in [0.3, 0.4) is 0 Å². The zero-order valence-electron chi connectivity index (χ0n) is 13.4. The summed E-state index contributed by atoms with van der Waals surface area (Å²) in [5.74, 6) is 0.761. The van der Waals surface area contributed by atoms with Gasteiger partial charge in [0.25, 0.3) is 0 Å². The summed E-state index contributed by atoms with van der Waals surface area (Å²) < 4.78 is 0. The van der Waals surface area contributed by atoms with Crippen LogP contribution >= 0.6 is 11.3 Å². The molecule has 1 fully saturated rings. The summed E-state index contributed by atoms with van der Waals surface area (Å²) in [6.45, 7) is 8.86. The van der Waals surface area contributed by atoms with Crippen LogP contribution in [0.15, 0.2) is 0 Å². The van der Waals surface area contributed by atoms with Gasteiger partial charge < -0.3 is 10.2 Å². The molecule has 1 aliphatic carbocycles. The summed E-state index contributed by atoms with van der Waals surface area (Å²) in [4.78, 5) is 8.84. The molecule has 20 heavy (non-hydrogen) atoms. The third-order valence-corrected chi connectivity index (χ3v) is 5.37. The van der Waals surface area contributed by atoms with Gasteiger partial charge in [0.05, 0.1) is 5.69 Å². The fourth-order valence-corrected chi connectivity index (χ4v) is 4.08. The molecule has 1 aromatic heterocycles. The van der Waals surface area contributed by atoms with Gasteiger partial charge in [0.2, 0.25) is 0 Å². The Kier molecular flexibility index (Phi) is 5.85. The average molecular weight is 295 g/mol. The largest absolute Gasteiger partial charge is 0.345 e. The molecule has 1 heterocycles. The van der Waals surface area contributed by atoms with Crippen LogP contribution in [-0.2, 0) is 6.54 Å². The molecule has 1 saturated carbocycles. The van der Waals surface area contributed by atoms with Gasteiger partial charge in [-0.3, -0.25) is 0 Å². The van der Waals surface area contributed by atoms with Crippen LogP contribution in [0.2, 0.25) is 0 Å². The van der Waals surface area contributed by atoms with Gasteiger partial charge in [0, 0.05) is 24.0 Å². The smallest absolute Gasteiger partial charge is 0.186 e. The van der Waals surface area contributed by atoms with Crippen LogP contribution in [-0.4, -0.2) is 24.6 Å². The molecule has 0 spiro atoms. The zero-order chi connectivity index (χ0) is 14.5. The van der Waals surface area contributed by atoms with Gasteiger partial charge in [-0.05, 0) is 39.2 Å². The maximum Gasteiger partial charge on any atom is 0.186 e. The lowest BCUT2D eigenvalue weighted by Gasteiger charge is -2.29. The Morgan fingerprint density at radius 2 is 2.05 bits per heavy atom. The van der Waals surface area contributed by atoms with Crippen LogP contribution < -0.4 is 10.2 Å². The van der Waals surface area contributed by atoms with E-state index in [1.165, 1.54) is 47.8 Å². The van der Waals surface area contributed by atoms with Gasteiger partial charge in [-0.25, -0.2) is 4.98 Å². The van der Waals surface area contributed by atoms with E-state index in [-0.39, 0.29) is 0 Å². The van der Waals surface area contributed by atoms with Crippen molar-refractivity contribution in [1.82, 2.24) is 10.3 Å². The number of hydrogen-bond donors (Lipinski definition) is 1. The van der Waals surface area contributed by atoms with E-state index in [0.29, 0.717) is 0 Å². The maximum absolute atomic E-state index is 4.86. The van der Waals surface area contributed by atoms with Crippen molar-refractivity contribution in [3.8, 4) is 0 Å². The number of nitrogens with one attached hydrogen (secondary N) is 1. The number of nitrogens with zero attached hydrogens (tertiary/aromatic N) is 2. The quantitative estimate of drug-likeness (QED) is 0.825. The van der Waals surface area contributed by atoms with E-state index in [2.05, 4.69) is 31.0 Å². The Hall–Kier alpha value is -0.610. The normalized spacial score (nSPS) is 16.2. The SMILES string of the molecule is CNCc1sc(N(CCC(C)C)C2CCCC2)nc1C. The second-order valence-electron chi connectivity index (χ2n) is 6.35. The van der Waals surface area contributed by atoms with E-state index < -0.39 is 0 Å². The van der Waals surface area contributed by atoms with E-state index in [0.717, 1.165) is 25.0 Å². The van der Waals surface area contributed by atoms with Gasteiger partial charge in [-0.15, -0.1) is 11.3 Å². The summed E-state index contributed by atoms with van der Waals surface area (Å²) in [5, 5.41) is 4.50. The highest BCUT2D eigenvalue weighted by Gasteiger charge is 2.25. The summed E-state index contributed by atoms with van der Waals surface area (Å²) >= 11 is 1.88. The fourth-order valence-electron chi connectivity index (χ4n) is 2.91. The van der Waals surface area contributed by atoms with E-state index in [9.17, 15) is 0 Å². The molecule has 1 aliphatic rings. The van der Waals surface area contributed by atoms with Crippen molar-refractivity contribution in [2.45, 2.75) is 65.5 Å². The monoisotopic (exact) mass is 295 g/mol. The first-order chi connectivity index (χ1) is 9.61. The Labute approximate surface area is 127 Å². The minimum absolute atomic E-state index is 0.724. The third-order valence-electron chi connectivity index (χ3n) is 4.18. The second-order valence-corrected chi connectivity index (χ2v) is 7.41. The lowest BCUT2D eigenvalue weighted by molar-refractivity contribution is 0.527. The van der Waals surface area contributed by atoms with Crippen molar-refractivity contribution >= 4 is 16.5 Å².